The molecule has 3 nitrogen and oxygen atoms in total. The van der Waals surface area contributed by atoms with Crippen LogP contribution in [0.25, 0.3) is 0 Å². The summed E-state index contributed by atoms with van der Waals surface area (Å²) in [7, 11) is -12.0. The van der Waals surface area contributed by atoms with Gasteiger partial charge in [-0.15, -0.1) is 0 Å². The zero-order chi connectivity index (χ0) is 12.6. The molecule has 0 aromatic rings. The molecule has 15 heteroatoms. The second kappa shape index (κ2) is 10.7. The van der Waals surface area contributed by atoms with Crippen molar-refractivity contribution in [3.05, 3.63) is 0 Å². The Kier molecular flexibility index (Phi) is 17.5. The van der Waals surface area contributed by atoms with Crippen molar-refractivity contribution in [2.75, 3.05) is 0 Å². The smallest absolute Gasteiger partial charge is 1.00 e. The zero-order valence-corrected chi connectivity index (χ0v) is 7.71. The van der Waals surface area contributed by atoms with E-state index < -0.39 is 25.9 Å². The van der Waals surface area contributed by atoms with E-state index in [2.05, 4.69) is 0 Å². The van der Waals surface area contributed by atoms with Gasteiger partial charge in [0.1, 0.15) is 0 Å². The molecule has 0 saturated carbocycles. The van der Waals surface area contributed by atoms with Gasteiger partial charge in [0.25, 0.3) is 11.4 Å². The molecule has 0 amide bonds. The molecular weight excluding hydrogens is 261 g/mol. The Bertz CT molecular complexity index is 132. The van der Waals surface area contributed by atoms with Gasteiger partial charge in [-0.05, 0) is 0 Å². The average molecular weight is 264 g/mol. The van der Waals surface area contributed by atoms with E-state index in [1.54, 1.807) is 0 Å². The maximum atomic E-state index is 9.75. The summed E-state index contributed by atoms with van der Waals surface area (Å²) in [6.07, 6.45) is 0. The summed E-state index contributed by atoms with van der Waals surface area (Å²) in [5, 5.41) is 0. The van der Waals surface area contributed by atoms with Crippen molar-refractivity contribution in [3.8, 4) is 0 Å². The van der Waals surface area contributed by atoms with Gasteiger partial charge in [0.15, 0.2) is 0 Å². The van der Waals surface area contributed by atoms with Crippen molar-refractivity contribution < 1.29 is 68.1 Å². The number of hydrogen-bond donors (Lipinski definition) is 2. The van der Waals surface area contributed by atoms with E-state index in [0.29, 0.717) is 0 Å². The summed E-state index contributed by atoms with van der Waals surface area (Å²) in [5.41, 5.74) is 0. The molecule has 0 unspecified atom stereocenters. The van der Waals surface area contributed by atoms with Crippen LogP contribution in [0.5, 0.6) is 0 Å². The molecule has 0 aliphatic carbocycles. The minimum absolute atomic E-state index is 0. The quantitative estimate of drug-likeness (QED) is 0.349. The standard InChI is InChI=1S/2BF4.Li.H2O3S.H/c2*2-1(3,4)5;;1-4(2)3;/h;;;(H2,1,2,3);/q2*-1;+1;;-1. The normalized spacial score (nSPS) is 10.3. The fraction of sp³-hybridized carbons (Fsp3) is 0. The SMILES string of the molecule is F[B-](F)(F)F.F[B-](F)(F)F.O=S(O)O.[H-].[Li+]. The Morgan fingerprint density at radius 1 is 0.800 bits per heavy atom. The molecule has 92 valence electrons. The van der Waals surface area contributed by atoms with Crippen LogP contribution in [0.4, 0.5) is 34.5 Å². The minimum Gasteiger partial charge on any atom is -1.00 e. The van der Waals surface area contributed by atoms with E-state index in [1.165, 1.54) is 0 Å². The predicted molar refractivity (Wildman–Crippen MR) is 34.9 cm³/mol. The zero-order valence-electron chi connectivity index (χ0n) is 7.89. The Morgan fingerprint density at radius 2 is 0.800 bits per heavy atom. The second-order valence-electron chi connectivity index (χ2n) is 1.22. The van der Waals surface area contributed by atoms with Crippen LogP contribution < -0.4 is 18.9 Å². The van der Waals surface area contributed by atoms with Crippen LogP contribution in [0.2, 0.25) is 0 Å². The van der Waals surface area contributed by atoms with E-state index in [4.69, 9.17) is 13.3 Å². The fourth-order valence-electron chi connectivity index (χ4n) is 0. The molecule has 0 aliphatic heterocycles. The number of halogens is 8. The Labute approximate surface area is 94.6 Å². The average Bonchev–Trinajstić information content (AvgIpc) is 1.45. The van der Waals surface area contributed by atoms with Crippen LogP contribution in [0.1, 0.15) is 1.43 Å². The van der Waals surface area contributed by atoms with Crippen molar-refractivity contribution in [1.82, 2.24) is 0 Å². The van der Waals surface area contributed by atoms with Crippen molar-refractivity contribution in [1.29, 1.82) is 0 Å². The van der Waals surface area contributed by atoms with Crippen LogP contribution >= 0.6 is 0 Å². The summed E-state index contributed by atoms with van der Waals surface area (Å²) in [6.45, 7) is 0. The van der Waals surface area contributed by atoms with E-state index >= 15 is 0 Å². The van der Waals surface area contributed by atoms with Gasteiger partial charge >= 0.3 is 33.4 Å². The molecule has 0 radical (unpaired) electrons. The third-order valence-corrected chi connectivity index (χ3v) is 0. The topological polar surface area (TPSA) is 57.5 Å². The van der Waals surface area contributed by atoms with Crippen molar-refractivity contribution in [3.63, 3.8) is 0 Å². The molecule has 0 spiro atoms. The molecule has 0 aromatic heterocycles. The molecule has 15 heavy (non-hydrogen) atoms. The first-order valence-electron chi connectivity index (χ1n) is 2.28. The molecule has 0 aromatic carbocycles. The Balaban J connectivity index is -0.0000000358. The molecule has 0 bridgehead atoms. The molecule has 2 N–H and O–H groups in total. The molecule has 0 rings (SSSR count). The van der Waals surface area contributed by atoms with E-state index in [9.17, 15) is 34.5 Å². The van der Waals surface area contributed by atoms with E-state index in [1.807, 2.05) is 0 Å². The van der Waals surface area contributed by atoms with Gasteiger partial charge < -0.3 is 36.0 Å². The minimum atomic E-state index is -6.00. The third-order valence-electron chi connectivity index (χ3n) is 0. The number of rotatable bonds is 0. The number of hydrogen-bond acceptors (Lipinski definition) is 1. The van der Waals surface area contributed by atoms with Crippen LogP contribution in [-0.4, -0.2) is 27.8 Å². The van der Waals surface area contributed by atoms with Gasteiger partial charge in [0.05, 0.1) is 0 Å². The third kappa shape index (κ3) is 37900. The maximum absolute atomic E-state index is 9.75. The van der Waals surface area contributed by atoms with Crippen molar-refractivity contribution >= 4 is 25.9 Å². The largest absolute Gasteiger partial charge is 1.00 e. The second-order valence-corrected chi connectivity index (χ2v) is 1.68. The molecule has 0 saturated heterocycles. The van der Waals surface area contributed by atoms with Crippen LogP contribution in [0.15, 0.2) is 0 Å². The van der Waals surface area contributed by atoms with Crippen LogP contribution in [0.3, 0.4) is 0 Å². The summed E-state index contributed by atoms with van der Waals surface area (Å²) < 4.78 is 101. The summed E-state index contributed by atoms with van der Waals surface area (Å²) in [4.78, 5) is 0. The van der Waals surface area contributed by atoms with E-state index in [0.717, 1.165) is 0 Å². The van der Waals surface area contributed by atoms with Gasteiger partial charge in [0.2, 0.25) is 0 Å². The molecule has 0 fully saturated rings. The Morgan fingerprint density at radius 3 is 0.800 bits per heavy atom. The molecule has 0 atom stereocenters. The molecule has 0 aliphatic rings. The van der Waals surface area contributed by atoms with Gasteiger partial charge in [-0.1, -0.05) is 0 Å². The first-order valence-corrected chi connectivity index (χ1v) is 3.34. The predicted octanol–water partition coefficient (Wildman–Crippen LogP) is -0.602. The van der Waals surface area contributed by atoms with Gasteiger partial charge in [-0.3, -0.25) is 9.11 Å². The van der Waals surface area contributed by atoms with Crippen LogP contribution in [-0.2, 0) is 11.4 Å². The summed E-state index contributed by atoms with van der Waals surface area (Å²) >= 11 is -2.61. The summed E-state index contributed by atoms with van der Waals surface area (Å²) in [5.74, 6) is 0. The monoisotopic (exact) mass is 264 g/mol. The fourth-order valence-corrected chi connectivity index (χ4v) is 0. The van der Waals surface area contributed by atoms with Gasteiger partial charge in [0, 0.05) is 0 Å². The molecule has 0 heterocycles. The van der Waals surface area contributed by atoms with Gasteiger partial charge in [-0.2, -0.15) is 4.21 Å². The van der Waals surface area contributed by atoms with E-state index in [-0.39, 0.29) is 20.3 Å². The maximum Gasteiger partial charge on any atom is 1.00 e. The molecular formula is H3B2F8LiO3S-2. The summed E-state index contributed by atoms with van der Waals surface area (Å²) in [6, 6.07) is 0. The van der Waals surface area contributed by atoms with Crippen molar-refractivity contribution in [2.45, 2.75) is 0 Å². The van der Waals surface area contributed by atoms with Crippen molar-refractivity contribution in [2.24, 2.45) is 0 Å². The van der Waals surface area contributed by atoms with Gasteiger partial charge in [-0.25, -0.2) is 0 Å². The first-order chi connectivity index (χ1) is 5.73. The first kappa shape index (κ1) is 24.5. The Hall–Kier alpha value is 0.237. The van der Waals surface area contributed by atoms with Crippen LogP contribution in [0, 0.1) is 0 Å².